The lowest BCUT2D eigenvalue weighted by atomic mass is 10.0. The lowest BCUT2D eigenvalue weighted by molar-refractivity contribution is -0.165. The minimum Gasteiger partial charge on any atom is -0.379 e. The van der Waals surface area contributed by atoms with Crippen LogP contribution < -0.4 is 0 Å². The van der Waals surface area contributed by atoms with E-state index in [1.807, 2.05) is 4.90 Å². The first-order valence-corrected chi connectivity index (χ1v) is 10.8. The number of benzene rings is 1. The summed E-state index contributed by atoms with van der Waals surface area (Å²) >= 11 is 0. The van der Waals surface area contributed by atoms with Gasteiger partial charge in [-0.05, 0) is 18.9 Å². The second-order valence-electron chi connectivity index (χ2n) is 6.40. The zero-order chi connectivity index (χ0) is 22.2. The predicted octanol–water partition coefficient (Wildman–Crippen LogP) is 3.78. The van der Waals surface area contributed by atoms with Crippen molar-refractivity contribution in [3.63, 3.8) is 0 Å². The van der Waals surface area contributed by atoms with Gasteiger partial charge in [-0.15, -0.1) is 0 Å². The van der Waals surface area contributed by atoms with Gasteiger partial charge in [0.05, 0.1) is 26.4 Å². The number of carbonyl (C=O) groups excluding carboxylic acids is 1. The fraction of sp³-hybridized carbons (Fsp3) is 0.611. The zero-order valence-corrected chi connectivity index (χ0v) is 17.3. The Morgan fingerprint density at radius 1 is 1.17 bits per heavy atom. The fourth-order valence-corrected chi connectivity index (χ4v) is 3.72. The van der Waals surface area contributed by atoms with E-state index in [9.17, 15) is 26.9 Å². The molecule has 0 spiro atoms. The molecular formula is C18H24F4NO6P. The Hall–Kier alpha value is -1.36. The number of morpholine rings is 1. The number of rotatable bonds is 11. The fourth-order valence-electron chi connectivity index (χ4n) is 2.56. The van der Waals surface area contributed by atoms with Crippen LogP contribution in [0.4, 0.5) is 17.6 Å². The van der Waals surface area contributed by atoms with Crippen molar-refractivity contribution in [2.45, 2.75) is 25.7 Å². The first-order valence-electron chi connectivity index (χ1n) is 9.32. The van der Waals surface area contributed by atoms with Gasteiger partial charge < -0.3 is 4.74 Å². The van der Waals surface area contributed by atoms with Crippen LogP contribution in [0.1, 0.15) is 22.8 Å². The van der Waals surface area contributed by atoms with Crippen molar-refractivity contribution in [3.05, 3.63) is 35.4 Å². The summed E-state index contributed by atoms with van der Waals surface area (Å²) in [5, 5.41) is 0. The standard InChI is InChI=1S/C18H24F4NO6P/c1-2-27-30(25,29-13-23-8-11-26-12-9-23)28-10-7-14-3-5-15(6-4-14)16(24)17(19)18(20,21)22/h3-6,17H,2,7-13H2,1H3. The van der Waals surface area contributed by atoms with Gasteiger partial charge in [0.25, 0.3) is 6.17 Å². The SMILES string of the molecule is CCOP(=O)(OCCc1ccc(C(=O)C(F)C(F)(F)F)cc1)OCN1CCOCC1. The van der Waals surface area contributed by atoms with Gasteiger partial charge in [-0.3, -0.25) is 23.3 Å². The summed E-state index contributed by atoms with van der Waals surface area (Å²) < 4.78 is 83.7. The van der Waals surface area contributed by atoms with E-state index in [4.69, 9.17) is 18.3 Å². The van der Waals surface area contributed by atoms with Crippen molar-refractivity contribution in [3.8, 4) is 0 Å². The highest BCUT2D eigenvalue weighted by Crippen LogP contribution is 2.49. The Labute approximate surface area is 171 Å². The summed E-state index contributed by atoms with van der Waals surface area (Å²) in [7, 11) is -3.79. The maximum atomic E-state index is 13.1. The quantitative estimate of drug-likeness (QED) is 0.285. The third-order valence-electron chi connectivity index (χ3n) is 4.19. The molecule has 1 fully saturated rings. The molecule has 0 saturated carbocycles. The van der Waals surface area contributed by atoms with Gasteiger partial charge in [-0.25, -0.2) is 8.96 Å². The zero-order valence-electron chi connectivity index (χ0n) is 16.4. The minimum atomic E-state index is -5.24. The van der Waals surface area contributed by atoms with Gasteiger partial charge >= 0.3 is 14.0 Å². The molecule has 0 bridgehead atoms. The number of Topliss-reactive ketones (excluding diaryl/α,β-unsaturated/α-hetero) is 1. The molecule has 1 heterocycles. The maximum absolute atomic E-state index is 13.1. The number of hydrogen-bond acceptors (Lipinski definition) is 7. The Bertz CT molecular complexity index is 724. The molecule has 0 aromatic heterocycles. The summed E-state index contributed by atoms with van der Waals surface area (Å²) in [6.45, 7) is 4.12. The average molecular weight is 457 g/mol. The number of ketones is 1. The molecular weight excluding hydrogens is 433 g/mol. The number of alkyl halides is 4. The van der Waals surface area contributed by atoms with E-state index in [-0.39, 0.29) is 26.4 Å². The predicted molar refractivity (Wildman–Crippen MR) is 99.0 cm³/mol. The molecule has 1 aliphatic heterocycles. The molecule has 2 atom stereocenters. The Balaban J connectivity index is 1.85. The van der Waals surface area contributed by atoms with Crippen LogP contribution in [-0.4, -0.2) is 69.3 Å². The van der Waals surface area contributed by atoms with E-state index in [1.165, 1.54) is 12.1 Å². The molecule has 1 aromatic carbocycles. The molecule has 2 unspecified atom stereocenters. The van der Waals surface area contributed by atoms with E-state index < -0.39 is 31.5 Å². The largest absolute Gasteiger partial charge is 0.476 e. The molecule has 2 rings (SSSR count). The van der Waals surface area contributed by atoms with Crippen molar-refractivity contribution >= 4 is 13.6 Å². The number of phosphoric acid groups is 1. The highest BCUT2D eigenvalue weighted by Gasteiger charge is 2.45. The minimum absolute atomic E-state index is 0.0536. The van der Waals surface area contributed by atoms with Crippen LogP contribution in [-0.2, 0) is 29.3 Å². The smallest absolute Gasteiger partial charge is 0.379 e. The molecule has 1 aromatic rings. The topological polar surface area (TPSA) is 74.3 Å². The Morgan fingerprint density at radius 2 is 1.80 bits per heavy atom. The second kappa shape index (κ2) is 11.3. The summed E-state index contributed by atoms with van der Waals surface area (Å²) in [4.78, 5) is 13.4. The van der Waals surface area contributed by atoms with Gasteiger partial charge in [0.2, 0.25) is 5.78 Å². The molecule has 170 valence electrons. The van der Waals surface area contributed by atoms with Crippen LogP contribution in [0.5, 0.6) is 0 Å². The molecule has 1 saturated heterocycles. The molecule has 30 heavy (non-hydrogen) atoms. The van der Waals surface area contributed by atoms with Crippen molar-refractivity contribution in [1.29, 1.82) is 0 Å². The normalized spacial score (nSPS) is 18.7. The number of carbonyl (C=O) groups is 1. The summed E-state index contributed by atoms with van der Waals surface area (Å²) in [5.41, 5.74) is 0.198. The van der Waals surface area contributed by atoms with Crippen LogP contribution >= 0.6 is 7.82 Å². The summed E-state index contributed by atoms with van der Waals surface area (Å²) in [6.07, 6.45) is -8.58. The van der Waals surface area contributed by atoms with Crippen molar-refractivity contribution in [2.24, 2.45) is 0 Å². The molecule has 1 aliphatic rings. The van der Waals surface area contributed by atoms with Gasteiger partial charge in [0.1, 0.15) is 6.73 Å². The average Bonchev–Trinajstić information content (AvgIpc) is 2.72. The molecule has 7 nitrogen and oxygen atoms in total. The first kappa shape index (κ1) is 24.9. The summed E-state index contributed by atoms with van der Waals surface area (Å²) in [6, 6.07) is 4.96. The van der Waals surface area contributed by atoms with Gasteiger partial charge in [-0.2, -0.15) is 13.2 Å². The molecule has 0 aliphatic carbocycles. The van der Waals surface area contributed by atoms with Crippen LogP contribution in [0, 0.1) is 0 Å². The van der Waals surface area contributed by atoms with Gasteiger partial charge in [0, 0.05) is 18.7 Å². The van der Waals surface area contributed by atoms with E-state index in [0.29, 0.717) is 31.9 Å². The number of phosphoric ester groups is 1. The number of hydrogen-bond donors (Lipinski definition) is 0. The van der Waals surface area contributed by atoms with Gasteiger partial charge in [0.15, 0.2) is 0 Å². The van der Waals surface area contributed by atoms with E-state index in [0.717, 1.165) is 12.1 Å². The highest BCUT2D eigenvalue weighted by molar-refractivity contribution is 7.48. The van der Waals surface area contributed by atoms with Crippen LogP contribution in [0.3, 0.4) is 0 Å². The third-order valence-corrected chi connectivity index (χ3v) is 5.69. The van der Waals surface area contributed by atoms with Crippen molar-refractivity contribution < 1.29 is 45.2 Å². The monoisotopic (exact) mass is 457 g/mol. The van der Waals surface area contributed by atoms with E-state index in [1.54, 1.807) is 6.92 Å². The number of ether oxygens (including phenoxy) is 1. The number of halogens is 4. The molecule has 0 amide bonds. The lowest BCUT2D eigenvalue weighted by Crippen LogP contribution is -2.37. The van der Waals surface area contributed by atoms with Crippen LogP contribution in [0.15, 0.2) is 24.3 Å². The maximum Gasteiger partial charge on any atom is 0.476 e. The van der Waals surface area contributed by atoms with Crippen molar-refractivity contribution in [1.82, 2.24) is 4.90 Å². The molecule has 0 N–H and O–H groups in total. The lowest BCUT2D eigenvalue weighted by Gasteiger charge is -2.27. The second-order valence-corrected chi connectivity index (χ2v) is 8.07. The van der Waals surface area contributed by atoms with E-state index in [2.05, 4.69) is 0 Å². The van der Waals surface area contributed by atoms with Crippen LogP contribution in [0.25, 0.3) is 0 Å². The van der Waals surface area contributed by atoms with Gasteiger partial charge in [-0.1, -0.05) is 24.3 Å². The van der Waals surface area contributed by atoms with E-state index >= 15 is 0 Å². The Kier molecular flexibility index (Phi) is 9.39. The van der Waals surface area contributed by atoms with Crippen LogP contribution in [0.2, 0.25) is 0 Å². The molecule has 0 radical (unpaired) electrons. The third kappa shape index (κ3) is 7.72. The first-order chi connectivity index (χ1) is 14.1. The molecule has 12 heteroatoms. The summed E-state index contributed by atoms with van der Waals surface area (Å²) in [5.74, 6) is -1.65. The van der Waals surface area contributed by atoms with Crippen molar-refractivity contribution in [2.75, 3.05) is 46.2 Å². The highest BCUT2D eigenvalue weighted by atomic mass is 31.2. The number of nitrogens with zero attached hydrogens (tertiary/aromatic N) is 1. The Morgan fingerprint density at radius 3 is 2.37 bits per heavy atom.